The minimum atomic E-state index is -0.293. The normalized spacial score (nSPS) is 18.4. The number of likely N-dealkylation sites (tertiary alicyclic amines) is 1. The van der Waals surface area contributed by atoms with E-state index in [0.717, 1.165) is 65.4 Å². The van der Waals surface area contributed by atoms with Crippen molar-refractivity contribution in [3.8, 4) is 11.3 Å². The third-order valence-electron chi connectivity index (χ3n) is 6.75. The van der Waals surface area contributed by atoms with Crippen LogP contribution in [-0.4, -0.2) is 48.9 Å². The molecule has 6 rings (SSSR count). The van der Waals surface area contributed by atoms with E-state index in [1.165, 1.54) is 19.4 Å². The van der Waals surface area contributed by atoms with Gasteiger partial charge in [0, 0.05) is 36.8 Å². The number of fused-ring (bicyclic) bond motifs is 2. The molecule has 31 heavy (non-hydrogen) atoms. The standard InChI is InChI=1S/C24H27FN6/c1-15-9-22(27-31-12-16(2)26-24(15)31)18-10-19-14-30(28-23(19)21(25)11-18)20-5-7-29(8-6-20)13-17-3-4-17/h9-12,14,17,20H,3-8,13H2,1-2H3. The van der Waals surface area contributed by atoms with Crippen LogP contribution in [0.25, 0.3) is 27.8 Å². The van der Waals surface area contributed by atoms with Crippen LogP contribution in [-0.2, 0) is 0 Å². The van der Waals surface area contributed by atoms with Gasteiger partial charge in [0.25, 0.3) is 0 Å². The number of nitrogens with zero attached hydrogens (tertiary/aromatic N) is 6. The van der Waals surface area contributed by atoms with Crippen molar-refractivity contribution in [3.05, 3.63) is 47.7 Å². The maximum absolute atomic E-state index is 15.0. The number of aromatic nitrogens is 5. The molecule has 1 aliphatic carbocycles. The quantitative estimate of drug-likeness (QED) is 0.488. The van der Waals surface area contributed by atoms with E-state index in [1.807, 2.05) is 43.1 Å². The molecule has 0 radical (unpaired) electrons. The maximum atomic E-state index is 15.0. The molecule has 4 aromatic rings. The SMILES string of the molecule is Cc1cn2nc(-c3cc(F)c4nn(C5CCN(CC6CC6)CC5)cc4c3)cc(C)c2n1. The predicted octanol–water partition coefficient (Wildman–Crippen LogP) is 4.55. The molecular weight excluding hydrogens is 391 g/mol. The highest BCUT2D eigenvalue weighted by Crippen LogP contribution is 2.33. The van der Waals surface area contributed by atoms with Crippen LogP contribution >= 0.6 is 0 Å². The first kappa shape index (κ1) is 18.9. The Labute approximate surface area is 180 Å². The highest BCUT2D eigenvalue weighted by atomic mass is 19.1. The lowest BCUT2D eigenvalue weighted by Gasteiger charge is -2.32. The van der Waals surface area contributed by atoms with E-state index >= 15 is 4.39 Å². The first-order valence-corrected chi connectivity index (χ1v) is 11.3. The second-order valence-electron chi connectivity index (χ2n) is 9.34. The van der Waals surface area contributed by atoms with Crippen molar-refractivity contribution in [1.82, 2.24) is 29.3 Å². The van der Waals surface area contributed by atoms with Crippen LogP contribution in [0.5, 0.6) is 0 Å². The molecule has 6 nitrogen and oxygen atoms in total. The second kappa shape index (κ2) is 7.12. The lowest BCUT2D eigenvalue weighted by atomic mass is 10.0. The number of halogens is 1. The van der Waals surface area contributed by atoms with Crippen molar-refractivity contribution in [2.45, 2.75) is 45.6 Å². The van der Waals surface area contributed by atoms with Crippen molar-refractivity contribution >= 4 is 16.6 Å². The zero-order valence-corrected chi connectivity index (χ0v) is 18.1. The smallest absolute Gasteiger partial charge is 0.156 e. The van der Waals surface area contributed by atoms with Gasteiger partial charge in [0.15, 0.2) is 11.5 Å². The van der Waals surface area contributed by atoms with Gasteiger partial charge in [-0.2, -0.15) is 10.2 Å². The summed E-state index contributed by atoms with van der Waals surface area (Å²) in [4.78, 5) is 7.09. The summed E-state index contributed by atoms with van der Waals surface area (Å²) in [6.45, 7) is 7.43. The fraction of sp³-hybridized carbons (Fsp3) is 0.458. The maximum Gasteiger partial charge on any atom is 0.156 e. The predicted molar refractivity (Wildman–Crippen MR) is 119 cm³/mol. The summed E-state index contributed by atoms with van der Waals surface area (Å²) in [5.74, 6) is 0.637. The Kier molecular flexibility index (Phi) is 4.35. The molecular formula is C24H27FN6. The number of aryl methyl sites for hydroxylation is 2. The molecule has 0 atom stereocenters. The molecule has 160 valence electrons. The summed E-state index contributed by atoms with van der Waals surface area (Å²) < 4.78 is 18.8. The van der Waals surface area contributed by atoms with Crippen molar-refractivity contribution in [3.63, 3.8) is 0 Å². The second-order valence-corrected chi connectivity index (χ2v) is 9.34. The van der Waals surface area contributed by atoms with E-state index in [0.29, 0.717) is 11.6 Å². The highest BCUT2D eigenvalue weighted by Gasteiger charge is 2.28. The Bertz CT molecular complexity index is 1280. The van der Waals surface area contributed by atoms with Crippen LogP contribution < -0.4 is 0 Å². The Hall–Kier alpha value is -2.80. The Balaban J connectivity index is 1.30. The van der Waals surface area contributed by atoms with Crippen LogP contribution in [0.15, 0.2) is 30.6 Å². The zero-order chi connectivity index (χ0) is 21.1. The summed E-state index contributed by atoms with van der Waals surface area (Å²) in [6, 6.07) is 5.87. The van der Waals surface area contributed by atoms with Crippen molar-refractivity contribution in [2.75, 3.05) is 19.6 Å². The van der Waals surface area contributed by atoms with Crippen molar-refractivity contribution in [2.24, 2.45) is 5.92 Å². The Morgan fingerprint density at radius 3 is 2.58 bits per heavy atom. The molecule has 0 bridgehead atoms. The summed E-state index contributed by atoms with van der Waals surface area (Å²) >= 11 is 0. The molecule has 2 fully saturated rings. The van der Waals surface area contributed by atoms with E-state index < -0.39 is 0 Å². The average molecular weight is 419 g/mol. The minimum absolute atomic E-state index is 0.293. The van der Waals surface area contributed by atoms with E-state index in [2.05, 4.69) is 20.1 Å². The molecule has 4 heterocycles. The number of imidazole rings is 1. The molecule has 0 spiro atoms. The first-order valence-electron chi connectivity index (χ1n) is 11.3. The molecule has 0 unspecified atom stereocenters. The molecule has 0 amide bonds. The zero-order valence-electron chi connectivity index (χ0n) is 18.1. The van der Waals surface area contributed by atoms with Gasteiger partial charge in [0.05, 0.1) is 23.6 Å². The van der Waals surface area contributed by atoms with Gasteiger partial charge in [-0.1, -0.05) is 0 Å². The van der Waals surface area contributed by atoms with Gasteiger partial charge >= 0.3 is 0 Å². The lowest BCUT2D eigenvalue weighted by Crippen LogP contribution is -2.36. The molecule has 1 saturated heterocycles. The van der Waals surface area contributed by atoms with Gasteiger partial charge in [-0.05, 0) is 69.2 Å². The van der Waals surface area contributed by atoms with Gasteiger partial charge in [0.2, 0.25) is 0 Å². The summed E-state index contributed by atoms with van der Waals surface area (Å²) in [5, 5.41) is 10.1. The van der Waals surface area contributed by atoms with E-state index in [1.54, 1.807) is 10.6 Å². The number of hydrogen-bond donors (Lipinski definition) is 0. The van der Waals surface area contributed by atoms with Crippen LogP contribution in [0.3, 0.4) is 0 Å². The van der Waals surface area contributed by atoms with Crippen LogP contribution in [0.4, 0.5) is 4.39 Å². The molecule has 1 aromatic carbocycles. The number of benzene rings is 1. The van der Waals surface area contributed by atoms with Crippen LogP contribution in [0.1, 0.15) is 43.0 Å². The molecule has 3 aromatic heterocycles. The van der Waals surface area contributed by atoms with Crippen molar-refractivity contribution < 1.29 is 4.39 Å². The average Bonchev–Trinajstić information content (AvgIpc) is 3.30. The minimum Gasteiger partial charge on any atom is -0.303 e. The largest absolute Gasteiger partial charge is 0.303 e. The van der Waals surface area contributed by atoms with E-state index in [-0.39, 0.29) is 5.82 Å². The van der Waals surface area contributed by atoms with E-state index in [9.17, 15) is 0 Å². The summed E-state index contributed by atoms with van der Waals surface area (Å²) in [5.41, 5.74) is 4.72. The molecule has 2 aliphatic rings. The highest BCUT2D eigenvalue weighted by molar-refractivity contribution is 5.84. The van der Waals surface area contributed by atoms with Crippen LogP contribution in [0.2, 0.25) is 0 Å². The number of hydrogen-bond acceptors (Lipinski definition) is 4. The number of piperidine rings is 1. The van der Waals surface area contributed by atoms with Gasteiger partial charge in [0.1, 0.15) is 5.52 Å². The summed E-state index contributed by atoms with van der Waals surface area (Å²) in [7, 11) is 0. The fourth-order valence-electron chi connectivity index (χ4n) is 4.86. The van der Waals surface area contributed by atoms with Gasteiger partial charge < -0.3 is 4.90 Å². The Morgan fingerprint density at radius 1 is 1.00 bits per heavy atom. The summed E-state index contributed by atoms with van der Waals surface area (Å²) in [6.07, 6.45) is 8.85. The Morgan fingerprint density at radius 2 is 1.81 bits per heavy atom. The monoisotopic (exact) mass is 418 g/mol. The fourth-order valence-corrected chi connectivity index (χ4v) is 4.86. The third-order valence-corrected chi connectivity index (χ3v) is 6.75. The number of rotatable bonds is 4. The van der Waals surface area contributed by atoms with Gasteiger partial charge in [-0.3, -0.25) is 4.68 Å². The van der Waals surface area contributed by atoms with Gasteiger partial charge in [-0.15, -0.1) is 0 Å². The van der Waals surface area contributed by atoms with Crippen molar-refractivity contribution in [1.29, 1.82) is 0 Å². The molecule has 1 aliphatic heterocycles. The van der Waals surface area contributed by atoms with E-state index in [4.69, 9.17) is 0 Å². The third kappa shape index (κ3) is 3.51. The first-order chi connectivity index (χ1) is 15.0. The van der Waals surface area contributed by atoms with Gasteiger partial charge in [-0.25, -0.2) is 13.9 Å². The molecule has 1 saturated carbocycles. The topological polar surface area (TPSA) is 51.3 Å². The lowest BCUT2D eigenvalue weighted by molar-refractivity contribution is 0.174. The molecule has 0 N–H and O–H groups in total. The van der Waals surface area contributed by atoms with Crippen LogP contribution in [0, 0.1) is 25.6 Å². The molecule has 7 heteroatoms.